The molecule has 1 amide bonds. The molecule has 0 spiro atoms. The standard InChI is InChI=1S/C25H19Cl2N3O5S2/c26-22-7-4-8-23(24(22)27)30-37(34,35)21-15-13-18(14-16-21)28-25(31)17-9-11-19(12-10-17)29-36(32,33)20-5-2-1-3-6-20/h1-16,29-30H,(H,28,31). The zero-order valence-electron chi connectivity index (χ0n) is 18.9. The first kappa shape index (κ1) is 26.5. The summed E-state index contributed by atoms with van der Waals surface area (Å²) in [7, 11) is -7.71. The van der Waals surface area contributed by atoms with Gasteiger partial charge in [-0.15, -0.1) is 0 Å². The zero-order chi connectivity index (χ0) is 26.6. The van der Waals surface area contributed by atoms with E-state index in [0.29, 0.717) is 11.4 Å². The monoisotopic (exact) mass is 575 g/mol. The van der Waals surface area contributed by atoms with E-state index in [-0.39, 0.29) is 31.1 Å². The molecule has 0 aliphatic heterocycles. The molecule has 4 aromatic rings. The van der Waals surface area contributed by atoms with Gasteiger partial charge in [0.25, 0.3) is 26.0 Å². The Labute approximate surface area is 224 Å². The van der Waals surface area contributed by atoms with Crippen LogP contribution in [0.4, 0.5) is 17.1 Å². The molecular formula is C25H19Cl2N3O5S2. The highest BCUT2D eigenvalue weighted by molar-refractivity contribution is 7.93. The number of hydrogen-bond donors (Lipinski definition) is 3. The lowest BCUT2D eigenvalue weighted by atomic mass is 10.2. The van der Waals surface area contributed by atoms with Gasteiger partial charge >= 0.3 is 0 Å². The molecule has 0 aliphatic carbocycles. The first-order chi connectivity index (χ1) is 17.5. The molecule has 4 rings (SSSR count). The maximum Gasteiger partial charge on any atom is 0.261 e. The van der Waals surface area contributed by atoms with Gasteiger partial charge in [-0.2, -0.15) is 0 Å². The summed E-state index contributed by atoms with van der Waals surface area (Å²) in [6, 6.07) is 23.9. The number of halogens is 2. The largest absolute Gasteiger partial charge is 0.322 e. The van der Waals surface area contributed by atoms with Crippen molar-refractivity contribution < 1.29 is 21.6 Å². The molecule has 0 saturated carbocycles. The molecule has 0 atom stereocenters. The van der Waals surface area contributed by atoms with Crippen molar-refractivity contribution >= 4 is 66.2 Å². The predicted molar refractivity (Wildman–Crippen MR) is 145 cm³/mol. The van der Waals surface area contributed by atoms with Gasteiger partial charge in [0.15, 0.2) is 0 Å². The Bertz CT molecular complexity index is 1650. The van der Waals surface area contributed by atoms with Crippen molar-refractivity contribution in [3.8, 4) is 0 Å². The molecule has 0 bridgehead atoms. The normalized spacial score (nSPS) is 11.5. The van der Waals surface area contributed by atoms with E-state index in [1.54, 1.807) is 24.3 Å². The second-order valence-corrected chi connectivity index (χ2v) is 11.8. The first-order valence-electron chi connectivity index (χ1n) is 10.6. The van der Waals surface area contributed by atoms with E-state index in [1.807, 2.05) is 0 Å². The Balaban J connectivity index is 1.41. The Morgan fingerprint density at radius 1 is 0.595 bits per heavy atom. The van der Waals surface area contributed by atoms with Crippen molar-refractivity contribution in [3.63, 3.8) is 0 Å². The number of hydrogen-bond acceptors (Lipinski definition) is 5. The van der Waals surface area contributed by atoms with Gasteiger partial charge in [0.2, 0.25) is 0 Å². The fraction of sp³-hybridized carbons (Fsp3) is 0. The van der Waals surface area contributed by atoms with E-state index < -0.39 is 26.0 Å². The van der Waals surface area contributed by atoms with E-state index in [4.69, 9.17) is 23.2 Å². The minimum atomic E-state index is -3.95. The average molecular weight is 576 g/mol. The quantitative estimate of drug-likeness (QED) is 0.243. The van der Waals surface area contributed by atoms with Crippen molar-refractivity contribution in [3.05, 3.63) is 113 Å². The average Bonchev–Trinajstić information content (AvgIpc) is 2.88. The number of amides is 1. The molecule has 0 unspecified atom stereocenters. The van der Waals surface area contributed by atoms with Crippen LogP contribution in [0, 0.1) is 0 Å². The number of rotatable bonds is 8. The Hall–Kier alpha value is -3.57. The number of carbonyl (C=O) groups is 1. The number of benzene rings is 4. The molecule has 0 aromatic heterocycles. The summed E-state index contributed by atoms with van der Waals surface area (Å²) in [5, 5.41) is 2.95. The van der Waals surface area contributed by atoms with Crippen LogP contribution in [0.1, 0.15) is 10.4 Å². The lowest BCUT2D eigenvalue weighted by molar-refractivity contribution is 0.102. The van der Waals surface area contributed by atoms with Crippen LogP contribution in [-0.2, 0) is 20.0 Å². The topological polar surface area (TPSA) is 121 Å². The van der Waals surface area contributed by atoms with Crippen LogP contribution in [0.15, 0.2) is 107 Å². The molecule has 4 aromatic carbocycles. The van der Waals surface area contributed by atoms with Crippen molar-refractivity contribution in [2.24, 2.45) is 0 Å². The van der Waals surface area contributed by atoms with E-state index in [1.165, 1.54) is 72.8 Å². The number of sulfonamides is 2. The van der Waals surface area contributed by atoms with Crippen molar-refractivity contribution in [2.75, 3.05) is 14.8 Å². The van der Waals surface area contributed by atoms with E-state index in [2.05, 4.69) is 14.8 Å². The molecule has 8 nitrogen and oxygen atoms in total. The molecule has 0 saturated heterocycles. The van der Waals surface area contributed by atoms with Crippen molar-refractivity contribution in [1.82, 2.24) is 0 Å². The second kappa shape index (κ2) is 10.8. The van der Waals surface area contributed by atoms with Gasteiger partial charge in [-0.1, -0.05) is 47.5 Å². The SMILES string of the molecule is O=C(Nc1ccc(S(=O)(=O)Nc2cccc(Cl)c2Cl)cc1)c1ccc(NS(=O)(=O)c2ccccc2)cc1. The van der Waals surface area contributed by atoms with Gasteiger partial charge in [0.1, 0.15) is 0 Å². The lowest BCUT2D eigenvalue weighted by Crippen LogP contribution is -2.15. The third-order valence-electron chi connectivity index (χ3n) is 5.07. The lowest BCUT2D eigenvalue weighted by Gasteiger charge is -2.11. The van der Waals surface area contributed by atoms with Crippen LogP contribution in [-0.4, -0.2) is 22.7 Å². The van der Waals surface area contributed by atoms with Gasteiger partial charge in [-0.3, -0.25) is 14.2 Å². The first-order valence-corrected chi connectivity index (χ1v) is 14.3. The number of carbonyl (C=O) groups excluding carboxylic acids is 1. The Kier molecular flexibility index (Phi) is 7.74. The predicted octanol–water partition coefficient (Wildman–Crippen LogP) is 5.85. The van der Waals surface area contributed by atoms with Gasteiger partial charge < -0.3 is 5.32 Å². The minimum Gasteiger partial charge on any atom is -0.322 e. The van der Waals surface area contributed by atoms with E-state index in [0.717, 1.165) is 0 Å². The fourth-order valence-corrected chi connectivity index (χ4v) is 5.77. The highest BCUT2D eigenvalue weighted by Crippen LogP contribution is 2.31. The summed E-state index contributed by atoms with van der Waals surface area (Å²) in [5.74, 6) is -0.461. The molecule has 0 heterocycles. The summed E-state index contributed by atoms with van der Waals surface area (Å²) in [6.07, 6.45) is 0. The van der Waals surface area contributed by atoms with Crippen molar-refractivity contribution in [1.29, 1.82) is 0 Å². The second-order valence-electron chi connectivity index (χ2n) is 7.68. The van der Waals surface area contributed by atoms with E-state index >= 15 is 0 Å². The van der Waals surface area contributed by atoms with Gasteiger partial charge in [0.05, 0.1) is 25.5 Å². The summed E-state index contributed by atoms with van der Waals surface area (Å²) in [5.41, 5.74) is 1.07. The molecule has 0 aliphatic rings. The maximum atomic E-state index is 12.7. The van der Waals surface area contributed by atoms with Gasteiger partial charge in [-0.05, 0) is 72.8 Å². The highest BCUT2D eigenvalue weighted by Gasteiger charge is 2.17. The Morgan fingerprint density at radius 3 is 1.81 bits per heavy atom. The minimum absolute atomic E-state index is 0.0448. The highest BCUT2D eigenvalue weighted by atomic mass is 35.5. The third kappa shape index (κ3) is 6.41. The fourth-order valence-electron chi connectivity index (χ4n) is 3.21. The molecule has 3 N–H and O–H groups in total. The van der Waals surface area contributed by atoms with Gasteiger partial charge in [-0.25, -0.2) is 16.8 Å². The van der Waals surface area contributed by atoms with Crippen LogP contribution in [0.2, 0.25) is 10.0 Å². The van der Waals surface area contributed by atoms with E-state index in [9.17, 15) is 21.6 Å². The summed E-state index contributed by atoms with van der Waals surface area (Å²) in [6.45, 7) is 0. The third-order valence-corrected chi connectivity index (χ3v) is 8.67. The molecule has 0 radical (unpaired) electrons. The number of nitrogens with one attached hydrogen (secondary N) is 3. The summed E-state index contributed by atoms with van der Waals surface area (Å²) < 4.78 is 55.1. The number of anilines is 3. The summed E-state index contributed by atoms with van der Waals surface area (Å²) >= 11 is 12.0. The van der Waals surface area contributed by atoms with Crippen LogP contribution in [0.3, 0.4) is 0 Å². The molecule has 12 heteroatoms. The molecule has 190 valence electrons. The van der Waals surface area contributed by atoms with Gasteiger partial charge in [0, 0.05) is 16.9 Å². The smallest absolute Gasteiger partial charge is 0.261 e. The van der Waals surface area contributed by atoms with Crippen molar-refractivity contribution in [2.45, 2.75) is 9.79 Å². The molecular weight excluding hydrogens is 557 g/mol. The van der Waals surface area contributed by atoms with Crippen LogP contribution in [0.5, 0.6) is 0 Å². The Morgan fingerprint density at radius 2 is 1.16 bits per heavy atom. The zero-order valence-corrected chi connectivity index (χ0v) is 22.0. The summed E-state index contributed by atoms with van der Waals surface area (Å²) in [4.78, 5) is 12.7. The molecule has 37 heavy (non-hydrogen) atoms. The van der Waals surface area contributed by atoms with Crippen LogP contribution in [0.25, 0.3) is 0 Å². The molecule has 0 fully saturated rings. The van der Waals surface area contributed by atoms with Crippen LogP contribution < -0.4 is 14.8 Å². The maximum absolute atomic E-state index is 12.7. The van der Waals surface area contributed by atoms with Crippen LogP contribution >= 0.6 is 23.2 Å².